The lowest BCUT2D eigenvalue weighted by molar-refractivity contribution is -0.131. The average molecular weight is 786 g/mol. The standard InChI is InChI=1S/C51H95NO4/c1-3-5-7-9-11-13-15-17-19-20-21-22-23-24-25-26-27-28-29-30-32-34-36-38-40-42-44-46-50(55)51(56)52-48(47-53)49(54)45-43-41-39-37-35-33-31-18-16-14-12-10-8-6-4-2/h16,18,24-25,35,37,43,45,48-50,53-55H,3-15,17,19-23,26-34,36,38-42,44,46-47H2,1-2H3,(H,52,56)/b18-16+,25-24-,37-35+,45-43+. The molecule has 3 unspecified atom stereocenters. The molecule has 0 radical (unpaired) electrons. The van der Waals surface area contributed by atoms with E-state index in [1.54, 1.807) is 6.08 Å². The van der Waals surface area contributed by atoms with Crippen LogP contribution >= 0.6 is 0 Å². The summed E-state index contributed by atoms with van der Waals surface area (Å²) in [4.78, 5) is 12.5. The molecule has 0 spiro atoms. The normalized spacial score (nSPS) is 13.9. The first kappa shape index (κ1) is 54.3. The van der Waals surface area contributed by atoms with E-state index in [4.69, 9.17) is 0 Å². The summed E-state index contributed by atoms with van der Waals surface area (Å²) in [6.07, 6.45) is 60.2. The van der Waals surface area contributed by atoms with E-state index in [0.717, 1.165) is 44.9 Å². The van der Waals surface area contributed by atoms with Gasteiger partial charge in [0.15, 0.2) is 0 Å². The molecule has 0 saturated heterocycles. The molecule has 0 aliphatic rings. The van der Waals surface area contributed by atoms with Crippen LogP contribution in [0.2, 0.25) is 0 Å². The van der Waals surface area contributed by atoms with Crippen LogP contribution in [0.15, 0.2) is 48.6 Å². The molecule has 56 heavy (non-hydrogen) atoms. The summed E-state index contributed by atoms with van der Waals surface area (Å²) in [7, 11) is 0. The van der Waals surface area contributed by atoms with Crippen molar-refractivity contribution in [3.63, 3.8) is 0 Å². The summed E-state index contributed by atoms with van der Waals surface area (Å²) in [5.41, 5.74) is 0. The molecule has 5 heteroatoms. The molecular weight excluding hydrogens is 691 g/mol. The summed E-state index contributed by atoms with van der Waals surface area (Å²) in [6.45, 7) is 4.16. The highest BCUT2D eigenvalue weighted by Crippen LogP contribution is 2.15. The van der Waals surface area contributed by atoms with Crippen LogP contribution in [-0.2, 0) is 4.79 Å². The molecule has 0 aromatic rings. The summed E-state index contributed by atoms with van der Waals surface area (Å²) >= 11 is 0. The molecule has 0 heterocycles. The van der Waals surface area contributed by atoms with Crippen LogP contribution in [0.3, 0.4) is 0 Å². The van der Waals surface area contributed by atoms with Gasteiger partial charge in [0.2, 0.25) is 5.91 Å². The van der Waals surface area contributed by atoms with Crippen molar-refractivity contribution in [2.45, 2.75) is 263 Å². The van der Waals surface area contributed by atoms with E-state index in [2.05, 4.69) is 55.6 Å². The highest BCUT2D eigenvalue weighted by atomic mass is 16.3. The number of hydrogen-bond acceptors (Lipinski definition) is 4. The minimum Gasteiger partial charge on any atom is -0.394 e. The molecule has 328 valence electrons. The van der Waals surface area contributed by atoms with Gasteiger partial charge in [0.25, 0.3) is 0 Å². The third-order valence-corrected chi connectivity index (χ3v) is 11.1. The Kier molecular flexibility index (Phi) is 44.6. The lowest BCUT2D eigenvalue weighted by Gasteiger charge is -2.21. The van der Waals surface area contributed by atoms with Crippen LogP contribution in [0.1, 0.15) is 245 Å². The van der Waals surface area contributed by atoms with E-state index in [1.165, 1.54) is 180 Å². The Balaban J connectivity index is 3.63. The number of allylic oxidation sites excluding steroid dienone is 7. The molecule has 0 saturated carbocycles. The third kappa shape index (κ3) is 40.5. The smallest absolute Gasteiger partial charge is 0.249 e. The molecular formula is C51H95NO4. The quantitative estimate of drug-likeness (QED) is 0.0366. The maximum Gasteiger partial charge on any atom is 0.249 e. The van der Waals surface area contributed by atoms with Crippen LogP contribution in [0.5, 0.6) is 0 Å². The predicted octanol–water partition coefficient (Wildman–Crippen LogP) is 14.5. The number of carbonyl (C=O) groups excluding carboxylic acids is 1. The second kappa shape index (κ2) is 46.0. The van der Waals surface area contributed by atoms with Crippen molar-refractivity contribution in [1.29, 1.82) is 0 Å². The van der Waals surface area contributed by atoms with E-state index < -0.39 is 24.2 Å². The summed E-state index contributed by atoms with van der Waals surface area (Å²) in [5, 5.41) is 33.2. The van der Waals surface area contributed by atoms with Crippen molar-refractivity contribution in [3.05, 3.63) is 48.6 Å². The van der Waals surface area contributed by atoms with Crippen molar-refractivity contribution in [3.8, 4) is 0 Å². The Morgan fingerprint density at radius 3 is 1.09 bits per heavy atom. The molecule has 0 bridgehead atoms. The number of aliphatic hydroxyl groups is 3. The maximum atomic E-state index is 12.5. The van der Waals surface area contributed by atoms with Crippen molar-refractivity contribution in [2.24, 2.45) is 0 Å². The number of rotatable bonds is 44. The van der Waals surface area contributed by atoms with Gasteiger partial charge in [-0.1, -0.05) is 223 Å². The molecule has 3 atom stereocenters. The molecule has 0 fully saturated rings. The fourth-order valence-corrected chi connectivity index (χ4v) is 7.27. The minimum absolute atomic E-state index is 0.382. The second-order valence-electron chi connectivity index (χ2n) is 16.6. The molecule has 4 N–H and O–H groups in total. The predicted molar refractivity (Wildman–Crippen MR) is 245 cm³/mol. The van der Waals surface area contributed by atoms with E-state index in [0.29, 0.717) is 6.42 Å². The first-order valence-electron chi connectivity index (χ1n) is 24.5. The van der Waals surface area contributed by atoms with Gasteiger partial charge in [-0.05, 0) is 70.6 Å². The van der Waals surface area contributed by atoms with Crippen LogP contribution in [0.25, 0.3) is 0 Å². The highest BCUT2D eigenvalue weighted by Gasteiger charge is 2.22. The fraction of sp³-hybridized carbons (Fsp3) is 0.824. The number of hydrogen-bond donors (Lipinski definition) is 4. The summed E-state index contributed by atoms with van der Waals surface area (Å²) < 4.78 is 0. The van der Waals surface area contributed by atoms with Gasteiger partial charge in [-0.2, -0.15) is 0 Å². The average Bonchev–Trinajstić information content (AvgIpc) is 3.20. The molecule has 0 rings (SSSR count). The van der Waals surface area contributed by atoms with Gasteiger partial charge in [-0.3, -0.25) is 4.79 Å². The molecule has 1 amide bonds. The molecule has 0 aliphatic heterocycles. The third-order valence-electron chi connectivity index (χ3n) is 11.1. The largest absolute Gasteiger partial charge is 0.394 e. The van der Waals surface area contributed by atoms with Gasteiger partial charge in [-0.15, -0.1) is 0 Å². The molecule has 5 nitrogen and oxygen atoms in total. The van der Waals surface area contributed by atoms with Crippen LogP contribution in [0, 0.1) is 0 Å². The van der Waals surface area contributed by atoms with Crippen molar-refractivity contribution >= 4 is 5.91 Å². The van der Waals surface area contributed by atoms with Gasteiger partial charge in [0.05, 0.1) is 18.8 Å². The zero-order valence-electron chi connectivity index (χ0n) is 37.3. The minimum atomic E-state index is -1.11. The maximum absolute atomic E-state index is 12.5. The highest BCUT2D eigenvalue weighted by molar-refractivity contribution is 5.80. The lowest BCUT2D eigenvalue weighted by Crippen LogP contribution is -2.48. The number of nitrogens with one attached hydrogen (secondary N) is 1. The van der Waals surface area contributed by atoms with Gasteiger partial charge in [0, 0.05) is 0 Å². The molecule has 0 aromatic heterocycles. The van der Waals surface area contributed by atoms with Crippen LogP contribution in [0.4, 0.5) is 0 Å². The van der Waals surface area contributed by atoms with Gasteiger partial charge < -0.3 is 20.6 Å². The zero-order valence-corrected chi connectivity index (χ0v) is 37.3. The van der Waals surface area contributed by atoms with Gasteiger partial charge >= 0.3 is 0 Å². The summed E-state index contributed by atoms with van der Waals surface area (Å²) in [5.74, 6) is -0.518. The van der Waals surface area contributed by atoms with E-state index in [-0.39, 0.29) is 6.61 Å². The number of carbonyl (C=O) groups is 1. The number of amides is 1. The van der Waals surface area contributed by atoms with E-state index >= 15 is 0 Å². The molecule has 0 aromatic carbocycles. The van der Waals surface area contributed by atoms with Gasteiger partial charge in [-0.25, -0.2) is 0 Å². The topological polar surface area (TPSA) is 89.8 Å². The Bertz CT molecular complexity index is 912. The first-order chi connectivity index (χ1) is 27.6. The monoisotopic (exact) mass is 786 g/mol. The van der Waals surface area contributed by atoms with E-state index in [1.807, 2.05) is 6.08 Å². The zero-order chi connectivity index (χ0) is 40.8. The van der Waals surface area contributed by atoms with Crippen molar-refractivity contribution in [1.82, 2.24) is 5.32 Å². The van der Waals surface area contributed by atoms with Crippen molar-refractivity contribution < 1.29 is 20.1 Å². The SMILES string of the molecule is CCCCCCC/C=C/CC/C=C/CC/C=C/C(O)C(CO)NC(=O)C(O)CCCCCCCCCCCCC/C=C\CCCCCCCCCCCCCC. The van der Waals surface area contributed by atoms with Gasteiger partial charge in [0.1, 0.15) is 6.10 Å². The Morgan fingerprint density at radius 2 is 0.732 bits per heavy atom. The molecule has 0 aliphatic carbocycles. The Labute approximate surface area is 348 Å². The lowest BCUT2D eigenvalue weighted by atomic mass is 10.0. The second-order valence-corrected chi connectivity index (χ2v) is 16.6. The van der Waals surface area contributed by atoms with Crippen LogP contribution < -0.4 is 5.32 Å². The van der Waals surface area contributed by atoms with Crippen molar-refractivity contribution in [2.75, 3.05) is 6.61 Å². The van der Waals surface area contributed by atoms with E-state index in [9.17, 15) is 20.1 Å². The first-order valence-corrected chi connectivity index (χ1v) is 24.5. The fourth-order valence-electron chi connectivity index (χ4n) is 7.27. The summed E-state index contributed by atoms with van der Waals surface area (Å²) in [6, 6.07) is -0.821. The number of aliphatic hydroxyl groups excluding tert-OH is 3. The Morgan fingerprint density at radius 1 is 0.429 bits per heavy atom. The van der Waals surface area contributed by atoms with Crippen LogP contribution in [-0.4, -0.2) is 46.1 Å². The Hall–Kier alpha value is -1.69. The number of unbranched alkanes of at least 4 members (excludes halogenated alkanes) is 30.